The molecular weight excluding hydrogens is 1030 g/mol. The van der Waals surface area contributed by atoms with Gasteiger partial charge in [0.1, 0.15) is 17.2 Å². The Labute approximate surface area is 498 Å². The highest BCUT2D eigenvalue weighted by Gasteiger charge is 2.40. The Morgan fingerprint density at radius 2 is 0.386 bits per heavy atom. The van der Waals surface area contributed by atoms with Gasteiger partial charge in [0.2, 0.25) is 0 Å². The predicted octanol–water partition coefficient (Wildman–Crippen LogP) is 23.1. The molecule has 0 spiro atoms. The molecule has 0 heterocycles. The van der Waals surface area contributed by atoms with Crippen molar-refractivity contribution in [3.05, 3.63) is 234 Å². The smallest absolute Gasteiger partial charge is 0.385 e. The monoisotopic (exact) mass is 1120 g/mol. The molecule has 0 unspecified atom stereocenters. The summed E-state index contributed by atoms with van der Waals surface area (Å²) in [6.45, 7) is 40.3. The summed E-state index contributed by atoms with van der Waals surface area (Å²) in [6.07, 6.45) is 0. The molecule has 0 saturated heterocycles. The van der Waals surface area contributed by atoms with E-state index in [1.807, 2.05) is 36.4 Å². The molecule has 0 N–H and O–H groups in total. The van der Waals surface area contributed by atoms with Crippen LogP contribution in [0.25, 0.3) is 66.8 Å². The van der Waals surface area contributed by atoms with Crippen molar-refractivity contribution in [2.75, 3.05) is 0 Å². The van der Waals surface area contributed by atoms with Crippen LogP contribution < -0.4 is 13.6 Å². The van der Waals surface area contributed by atoms with Crippen molar-refractivity contribution in [2.45, 2.75) is 157 Å². The Morgan fingerprint density at radius 3 is 0.590 bits per heavy atom. The van der Waals surface area contributed by atoms with E-state index in [1.165, 1.54) is 16.7 Å². The minimum atomic E-state index is -4.96. The van der Waals surface area contributed by atoms with E-state index in [0.717, 1.165) is 83.5 Å². The zero-order valence-electron chi connectivity index (χ0n) is 52.6. The lowest BCUT2D eigenvalue weighted by atomic mass is 9.77. The van der Waals surface area contributed by atoms with Crippen LogP contribution in [0.4, 0.5) is 0 Å². The first-order valence-electron chi connectivity index (χ1n) is 29.5. The zero-order valence-corrected chi connectivity index (χ0v) is 53.5. The van der Waals surface area contributed by atoms with E-state index in [0.29, 0.717) is 17.2 Å². The molecule has 0 amide bonds. The molecule has 9 aromatic carbocycles. The van der Waals surface area contributed by atoms with Crippen molar-refractivity contribution in [1.82, 2.24) is 0 Å². The first kappa shape index (κ1) is 60.2. The second kappa shape index (κ2) is 22.6. The van der Waals surface area contributed by atoms with Gasteiger partial charge in [-0.25, -0.2) is 0 Å². The number of phosphoric ester groups is 1. The first-order chi connectivity index (χ1) is 38.9. The van der Waals surface area contributed by atoms with Crippen LogP contribution in [0.3, 0.4) is 0 Å². The number of phosphoric acid groups is 1. The Kier molecular flexibility index (Phi) is 16.4. The third kappa shape index (κ3) is 12.8. The minimum Gasteiger partial charge on any atom is -0.385 e. The molecular formula is C78H87O4P. The summed E-state index contributed by atoms with van der Waals surface area (Å²) in [4.78, 5) is 0. The summed E-state index contributed by atoms with van der Waals surface area (Å²) in [5.41, 5.74) is 16.6. The van der Waals surface area contributed by atoms with Gasteiger partial charge in [-0.1, -0.05) is 307 Å². The summed E-state index contributed by atoms with van der Waals surface area (Å²) in [7, 11) is -4.96. The van der Waals surface area contributed by atoms with E-state index in [9.17, 15) is 0 Å². The lowest BCUT2D eigenvalue weighted by molar-refractivity contribution is 0.299. The fraction of sp³-hybridized carbons (Fsp3) is 0.308. The fourth-order valence-electron chi connectivity index (χ4n) is 11.9. The number of benzene rings is 9. The van der Waals surface area contributed by atoms with Crippen LogP contribution in [-0.2, 0) is 37.1 Å². The summed E-state index contributed by atoms with van der Waals surface area (Å²) in [5, 5.41) is 0. The van der Waals surface area contributed by atoms with Crippen molar-refractivity contribution in [3.63, 3.8) is 0 Å². The summed E-state index contributed by atoms with van der Waals surface area (Å²) >= 11 is 0. The Hall–Kier alpha value is -7.39. The van der Waals surface area contributed by atoms with E-state index in [1.54, 1.807) is 0 Å². The molecule has 4 nitrogen and oxygen atoms in total. The number of hydrogen-bond acceptors (Lipinski definition) is 4. The van der Waals surface area contributed by atoms with E-state index in [2.05, 4.69) is 288 Å². The van der Waals surface area contributed by atoms with Gasteiger partial charge in [0.25, 0.3) is 0 Å². The molecule has 0 aliphatic heterocycles. The highest BCUT2D eigenvalue weighted by atomic mass is 31.2. The van der Waals surface area contributed by atoms with Gasteiger partial charge in [0, 0.05) is 16.7 Å². The van der Waals surface area contributed by atoms with Crippen LogP contribution in [0.1, 0.15) is 158 Å². The van der Waals surface area contributed by atoms with Gasteiger partial charge in [0.15, 0.2) is 0 Å². The third-order valence-corrected chi connectivity index (χ3v) is 17.1. The Morgan fingerprint density at radius 1 is 0.217 bits per heavy atom. The second-order valence-electron chi connectivity index (χ2n) is 28.5. The van der Waals surface area contributed by atoms with E-state index < -0.39 is 7.82 Å². The van der Waals surface area contributed by atoms with Crippen molar-refractivity contribution < 1.29 is 18.1 Å². The molecule has 0 fully saturated rings. The second-order valence-corrected chi connectivity index (χ2v) is 30.0. The van der Waals surface area contributed by atoms with Crippen molar-refractivity contribution >= 4 is 7.82 Å². The quantitative estimate of drug-likeness (QED) is 0.114. The Balaban J connectivity index is 1.41. The normalized spacial score (nSPS) is 12.7. The minimum absolute atomic E-state index is 0.220. The highest BCUT2D eigenvalue weighted by molar-refractivity contribution is 7.49. The summed E-state index contributed by atoms with van der Waals surface area (Å²) in [5.74, 6) is 1.09. The van der Waals surface area contributed by atoms with Gasteiger partial charge in [0.05, 0.1) is 0 Å². The molecule has 0 bridgehead atoms. The molecule has 0 aliphatic carbocycles. The van der Waals surface area contributed by atoms with Crippen LogP contribution in [0, 0.1) is 0 Å². The highest BCUT2D eigenvalue weighted by Crippen LogP contribution is 2.59. The number of hydrogen-bond donors (Lipinski definition) is 0. The van der Waals surface area contributed by atoms with Crippen LogP contribution in [0.5, 0.6) is 17.2 Å². The molecule has 83 heavy (non-hydrogen) atoms. The lowest BCUT2D eigenvalue weighted by Gasteiger charge is -2.30. The van der Waals surface area contributed by atoms with E-state index >= 15 is 4.57 Å². The van der Waals surface area contributed by atoms with Gasteiger partial charge in [-0.2, -0.15) is 4.57 Å². The SMILES string of the molecule is CC(C)(C)c1ccccc1-c1cccc(OP(=O)(Oc2cccc(-c3ccccc3C(C)(C)C)c2-c2ccccc2C(C)(C)C)Oc2cccc(-c3ccccc3C(C)(C)C)c2-c2ccccc2C(C)(C)C)c1-c1ccccc1C(C)(C)C. The average Bonchev–Trinajstić information content (AvgIpc) is 1.88. The molecule has 0 atom stereocenters. The zero-order chi connectivity index (χ0) is 60.1. The van der Waals surface area contributed by atoms with Crippen molar-refractivity contribution in [3.8, 4) is 84.0 Å². The van der Waals surface area contributed by atoms with Gasteiger partial charge >= 0.3 is 7.82 Å². The number of rotatable bonds is 12. The molecule has 9 aromatic rings. The van der Waals surface area contributed by atoms with E-state index in [4.69, 9.17) is 13.6 Å². The predicted molar refractivity (Wildman–Crippen MR) is 354 cm³/mol. The van der Waals surface area contributed by atoms with Crippen molar-refractivity contribution in [1.29, 1.82) is 0 Å². The maximum atomic E-state index is 17.7. The summed E-state index contributed by atoms with van der Waals surface area (Å²) < 4.78 is 40.1. The van der Waals surface area contributed by atoms with Crippen molar-refractivity contribution in [2.24, 2.45) is 0 Å². The first-order valence-corrected chi connectivity index (χ1v) is 31.0. The fourth-order valence-corrected chi connectivity index (χ4v) is 13.2. The van der Waals surface area contributed by atoms with Gasteiger partial charge in [-0.15, -0.1) is 0 Å². The Bertz CT molecular complexity index is 3470. The lowest BCUT2D eigenvalue weighted by Crippen LogP contribution is -2.16. The average molecular weight is 1120 g/mol. The van der Waals surface area contributed by atoms with Crippen LogP contribution in [-0.4, -0.2) is 0 Å². The van der Waals surface area contributed by atoms with Crippen LogP contribution >= 0.6 is 7.82 Å². The molecule has 0 aromatic heterocycles. The molecule has 5 heteroatoms. The molecule has 0 saturated carbocycles. The van der Waals surface area contributed by atoms with E-state index in [-0.39, 0.29) is 32.5 Å². The third-order valence-electron chi connectivity index (χ3n) is 15.8. The van der Waals surface area contributed by atoms with Gasteiger partial charge < -0.3 is 13.6 Å². The summed E-state index contributed by atoms with van der Waals surface area (Å²) in [6, 6.07) is 69.6. The molecule has 428 valence electrons. The topological polar surface area (TPSA) is 44.8 Å². The standard InChI is InChI=1S/C78H87O4P/c1-73(2,3)61-43-25-19-34-52(61)55-40-31-49-67(70(55)58-37-22-28-46-64(58)76(10,11)12)80-83(79,81-68-50-32-41-56(53-35-20-26-44-62(53)74(4,5)6)71(68)59-38-23-29-47-65(59)77(13,14)15)82-69-51-33-42-57(54-36-21-27-45-63(54)75(7,8)9)72(69)60-39-24-30-48-66(60)78(16,17)18/h19-51H,1-18H3. The molecule has 9 rings (SSSR count). The molecule has 0 aliphatic rings. The largest absolute Gasteiger partial charge is 0.647 e. The van der Waals surface area contributed by atoms with Crippen LogP contribution in [0.2, 0.25) is 0 Å². The van der Waals surface area contributed by atoms with Gasteiger partial charge in [-0.3, -0.25) is 0 Å². The van der Waals surface area contributed by atoms with Gasteiger partial charge in [-0.05, 0) is 134 Å². The maximum Gasteiger partial charge on any atom is 0.647 e. The maximum absolute atomic E-state index is 17.7. The van der Waals surface area contributed by atoms with Crippen LogP contribution in [0.15, 0.2) is 200 Å². The molecule has 0 radical (unpaired) electrons.